The average Bonchev–Trinajstić information content (AvgIpc) is 2.60. The van der Waals surface area contributed by atoms with Crippen LogP contribution in [0.2, 0.25) is 0 Å². The summed E-state index contributed by atoms with van der Waals surface area (Å²) in [6.45, 7) is 3.22. The monoisotopic (exact) mass is 336 g/mol. The van der Waals surface area contributed by atoms with Crippen LogP contribution in [0.3, 0.4) is 0 Å². The molecule has 2 aromatic rings. The highest BCUT2D eigenvalue weighted by molar-refractivity contribution is 5.76. The Morgan fingerprint density at radius 3 is 2.92 bits per heavy atom. The third kappa shape index (κ3) is 3.31. The number of benzene rings is 1. The Balaban J connectivity index is 1.80. The van der Waals surface area contributed by atoms with Crippen LogP contribution in [0.25, 0.3) is 0 Å². The first-order valence-electron chi connectivity index (χ1n) is 8.37. The van der Waals surface area contributed by atoms with E-state index in [2.05, 4.69) is 16.5 Å². The molecule has 6 nitrogen and oxygen atoms in total. The second-order valence-electron chi connectivity index (χ2n) is 6.37. The summed E-state index contributed by atoms with van der Waals surface area (Å²) < 4.78 is 1.07. The standard InChI is InChI=1S/C19H20N4O2/c1-12-13(2)22-23(19(25)16(12)10-20)11-18(24)21-17-9-5-7-14-6-3-4-8-15(14)17/h3-4,6,8,17H,5,7,9,11H2,1-2H3,(H,21,24). The van der Waals surface area contributed by atoms with Crippen molar-refractivity contribution in [2.45, 2.75) is 45.7 Å². The third-order valence-corrected chi connectivity index (χ3v) is 4.75. The van der Waals surface area contributed by atoms with Crippen molar-refractivity contribution in [1.29, 1.82) is 5.26 Å². The van der Waals surface area contributed by atoms with Crippen LogP contribution in [0.1, 0.15) is 46.8 Å². The lowest BCUT2D eigenvalue weighted by Gasteiger charge is -2.26. The summed E-state index contributed by atoms with van der Waals surface area (Å²) in [6.07, 6.45) is 2.91. The molecular weight excluding hydrogens is 316 g/mol. The van der Waals surface area contributed by atoms with Crippen LogP contribution in [-0.4, -0.2) is 15.7 Å². The molecule has 1 aliphatic carbocycles. The van der Waals surface area contributed by atoms with Crippen molar-refractivity contribution in [3.63, 3.8) is 0 Å². The number of hydrogen-bond acceptors (Lipinski definition) is 4. The lowest BCUT2D eigenvalue weighted by molar-refractivity contribution is -0.122. The fourth-order valence-corrected chi connectivity index (χ4v) is 3.29. The Hall–Kier alpha value is -2.94. The van der Waals surface area contributed by atoms with E-state index < -0.39 is 5.56 Å². The smallest absolute Gasteiger partial charge is 0.285 e. The zero-order valence-electron chi connectivity index (χ0n) is 14.4. The van der Waals surface area contributed by atoms with Gasteiger partial charge in [-0.25, -0.2) is 4.68 Å². The molecule has 25 heavy (non-hydrogen) atoms. The van der Waals surface area contributed by atoms with Crippen LogP contribution in [0, 0.1) is 25.2 Å². The number of carbonyl (C=O) groups is 1. The van der Waals surface area contributed by atoms with Crippen molar-refractivity contribution in [3.8, 4) is 6.07 Å². The number of aromatic nitrogens is 2. The van der Waals surface area contributed by atoms with Gasteiger partial charge in [-0.05, 0) is 49.8 Å². The Morgan fingerprint density at radius 2 is 2.16 bits per heavy atom. The van der Waals surface area contributed by atoms with E-state index in [1.54, 1.807) is 13.8 Å². The van der Waals surface area contributed by atoms with Gasteiger partial charge in [0, 0.05) is 0 Å². The number of amides is 1. The van der Waals surface area contributed by atoms with E-state index in [-0.39, 0.29) is 24.1 Å². The highest BCUT2D eigenvalue weighted by Crippen LogP contribution is 2.29. The van der Waals surface area contributed by atoms with Crippen LogP contribution in [0.4, 0.5) is 0 Å². The van der Waals surface area contributed by atoms with Crippen molar-refractivity contribution >= 4 is 5.91 Å². The predicted molar refractivity (Wildman–Crippen MR) is 92.9 cm³/mol. The summed E-state index contributed by atoms with van der Waals surface area (Å²) >= 11 is 0. The maximum Gasteiger partial charge on any atom is 0.285 e. The molecule has 0 fully saturated rings. The molecule has 1 N–H and O–H groups in total. The first-order valence-corrected chi connectivity index (χ1v) is 8.37. The summed E-state index contributed by atoms with van der Waals surface area (Å²) in [5.41, 5.74) is 3.05. The lowest BCUT2D eigenvalue weighted by atomic mass is 9.88. The van der Waals surface area contributed by atoms with Crippen molar-refractivity contribution in [2.75, 3.05) is 0 Å². The Kier molecular flexibility index (Phi) is 4.66. The molecule has 6 heteroatoms. The zero-order chi connectivity index (χ0) is 18.0. The molecule has 1 heterocycles. The summed E-state index contributed by atoms with van der Waals surface area (Å²) in [6, 6.07) is 9.96. The number of nitrogens with zero attached hydrogens (tertiary/aromatic N) is 3. The third-order valence-electron chi connectivity index (χ3n) is 4.75. The molecule has 0 spiro atoms. The first kappa shape index (κ1) is 16.9. The largest absolute Gasteiger partial charge is 0.348 e. The van der Waals surface area contributed by atoms with Gasteiger partial charge in [-0.2, -0.15) is 10.4 Å². The van der Waals surface area contributed by atoms with Crippen LogP contribution in [0.5, 0.6) is 0 Å². The molecule has 3 rings (SSSR count). The Labute approximate surface area is 146 Å². The molecule has 1 aromatic carbocycles. The summed E-state index contributed by atoms with van der Waals surface area (Å²) in [5.74, 6) is -0.275. The predicted octanol–water partition coefficient (Wildman–Crippen LogP) is 1.93. The first-order chi connectivity index (χ1) is 12.0. The van der Waals surface area contributed by atoms with E-state index in [4.69, 9.17) is 5.26 Å². The molecular formula is C19H20N4O2. The van der Waals surface area contributed by atoms with Gasteiger partial charge in [0.2, 0.25) is 5.91 Å². The van der Waals surface area contributed by atoms with Gasteiger partial charge in [0.25, 0.3) is 5.56 Å². The second-order valence-corrected chi connectivity index (χ2v) is 6.37. The SMILES string of the molecule is Cc1nn(CC(=O)NC2CCCc3ccccc32)c(=O)c(C#N)c1C. The van der Waals surface area contributed by atoms with Crippen LogP contribution >= 0.6 is 0 Å². The van der Waals surface area contributed by atoms with Crippen molar-refractivity contribution in [2.24, 2.45) is 0 Å². The van der Waals surface area contributed by atoms with Gasteiger partial charge in [-0.3, -0.25) is 9.59 Å². The van der Waals surface area contributed by atoms with Crippen molar-refractivity contribution < 1.29 is 4.79 Å². The van der Waals surface area contributed by atoms with E-state index in [1.807, 2.05) is 24.3 Å². The quantitative estimate of drug-likeness (QED) is 0.927. The van der Waals surface area contributed by atoms with E-state index in [0.29, 0.717) is 11.3 Å². The molecule has 0 radical (unpaired) electrons. The van der Waals surface area contributed by atoms with E-state index in [0.717, 1.165) is 29.5 Å². The zero-order valence-corrected chi connectivity index (χ0v) is 14.4. The minimum atomic E-state index is -0.523. The summed E-state index contributed by atoms with van der Waals surface area (Å²) in [7, 11) is 0. The van der Waals surface area contributed by atoms with E-state index in [1.165, 1.54) is 5.56 Å². The summed E-state index contributed by atoms with van der Waals surface area (Å²) in [5, 5.41) is 16.3. The molecule has 1 aliphatic rings. The molecule has 0 aliphatic heterocycles. The van der Waals surface area contributed by atoms with Gasteiger partial charge in [0.15, 0.2) is 0 Å². The molecule has 0 saturated carbocycles. The molecule has 1 atom stereocenters. The molecule has 1 amide bonds. The van der Waals surface area contributed by atoms with Crippen molar-refractivity contribution in [1.82, 2.24) is 15.1 Å². The van der Waals surface area contributed by atoms with Crippen LogP contribution in [-0.2, 0) is 17.8 Å². The Bertz CT molecular complexity index is 924. The number of nitrogens with one attached hydrogen (secondary N) is 1. The maximum absolute atomic E-state index is 12.4. The van der Waals surface area contributed by atoms with Gasteiger partial charge >= 0.3 is 0 Å². The molecule has 1 unspecified atom stereocenters. The topological polar surface area (TPSA) is 87.8 Å². The van der Waals surface area contributed by atoms with E-state index >= 15 is 0 Å². The number of rotatable bonds is 3. The minimum Gasteiger partial charge on any atom is -0.348 e. The van der Waals surface area contributed by atoms with Gasteiger partial charge in [-0.15, -0.1) is 0 Å². The Morgan fingerprint density at radius 1 is 1.40 bits per heavy atom. The van der Waals surface area contributed by atoms with Crippen LogP contribution < -0.4 is 10.9 Å². The average molecular weight is 336 g/mol. The highest BCUT2D eigenvalue weighted by atomic mass is 16.2. The van der Waals surface area contributed by atoms with E-state index in [9.17, 15) is 9.59 Å². The fraction of sp³-hybridized carbons (Fsp3) is 0.368. The van der Waals surface area contributed by atoms with Gasteiger partial charge in [-0.1, -0.05) is 24.3 Å². The van der Waals surface area contributed by atoms with Crippen LogP contribution in [0.15, 0.2) is 29.1 Å². The number of fused-ring (bicyclic) bond motifs is 1. The highest BCUT2D eigenvalue weighted by Gasteiger charge is 2.22. The second kappa shape index (κ2) is 6.89. The number of hydrogen-bond donors (Lipinski definition) is 1. The molecule has 1 aromatic heterocycles. The number of nitriles is 1. The fourth-order valence-electron chi connectivity index (χ4n) is 3.29. The summed E-state index contributed by atoms with van der Waals surface area (Å²) in [4.78, 5) is 24.7. The van der Waals surface area contributed by atoms with Gasteiger partial charge < -0.3 is 5.32 Å². The lowest BCUT2D eigenvalue weighted by Crippen LogP contribution is -2.38. The molecule has 128 valence electrons. The maximum atomic E-state index is 12.4. The molecule has 0 saturated heterocycles. The molecule has 0 bridgehead atoms. The number of carbonyl (C=O) groups excluding carboxylic acids is 1. The van der Waals surface area contributed by atoms with Gasteiger partial charge in [0.05, 0.1) is 11.7 Å². The number of aryl methyl sites for hydroxylation is 2. The minimum absolute atomic E-state index is 0.0447. The van der Waals surface area contributed by atoms with Crippen molar-refractivity contribution in [3.05, 3.63) is 62.6 Å². The normalized spacial score (nSPS) is 16.0. The van der Waals surface area contributed by atoms with Gasteiger partial charge in [0.1, 0.15) is 18.2 Å².